The number of H-pyrrole nitrogens is 1. The fraction of sp³-hybridized carbons (Fsp3) is 0.300. The number of amides is 1. The Morgan fingerprint density at radius 1 is 1.47 bits per heavy atom. The Labute approximate surface area is 85.9 Å². The van der Waals surface area contributed by atoms with Gasteiger partial charge in [-0.3, -0.25) is 4.79 Å². The molecule has 2 heterocycles. The summed E-state index contributed by atoms with van der Waals surface area (Å²) >= 11 is 0. The van der Waals surface area contributed by atoms with Gasteiger partial charge in [0.15, 0.2) is 5.65 Å². The van der Waals surface area contributed by atoms with E-state index in [9.17, 15) is 4.79 Å². The van der Waals surface area contributed by atoms with Crippen LogP contribution in [-0.2, 0) is 0 Å². The van der Waals surface area contributed by atoms with Gasteiger partial charge < -0.3 is 10.3 Å². The summed E-state index contributed by atoms with van der Waals surface area (Å²) in [6, 6.07) is 2.14. The van der Waals surface area contributed by atoms with Gasteiger partial charge in [0, 0.05) is 12.2 Å². The summed E-state index contributed by atoms with van der Waals surface area (Å²) in [5, 5.41) is 2.91. The van der Waals surface area contributed by atoms with Crippen LogP contribution in [0, 0.1) is 0 Å². The van der Waals surface area contributed by atoms with E-state index < -0.39 is 0 Å². The van der Waals surface area contributed by atoms with Gasteiger partial charge in [-0.25, -0.2) is 9.97 Å². The molecule has 5 nitrogen and oxygen atoms in total. The lowest BCUT2D eigenvalue weighted by atomic mass is 10.2. The molecule has 2 aromatic heterocycles. The summed E-state index contributed by atoms with van der Waals surface area (Å²) in [6.07, 6.45) is 5.30. The number of hydrogen-bond acceptors (Lipinski definition) is 3. The monoisotopic (exact) mass is 202 g/mol. The largest absolute Gasteiger partial charge is 0.349 e. The van der Waals surface area contributed by atoms with E-state index in [0.29, 0.717) is 17.3 Å². The van der Waals surface area contributed by atoms with Crippen molar-refractivity contribution in [2.45, 2.75) is 18.9 Å². The standard InChI is InChI=1S/C10H10N4O/c15-10(14-7-1-2-7)6-3-8-9(11-4-6)13-5-12-8/h3-5,7H,1-2H2,(H,14,15)(H,11,12,13). The Kier molecular flexibility index (Phi) is 1.71. The summed E-state index contributed by atoms with van der Waals surface area (Å²) in [4.78, 5) is 22.7. The number of fused-ring (bicyclic) bond motifs is 1. The first kappa shape index (κ1) is 8.40. The maximum Gasteiger partial charge on any atom is 0.253 e. The van der Waals surface area contributed by atoms with Gasteiger partial charge in [0.25, 0.3) is 5.91 Å². The molecule has 5 heteroatoms. The molecule has 0 aliphatic heterocycles. The Hall–Kier alpha value is -1.91. The molecule has 1 aliphatic rings. The number of carbonyl (C=O) groups excluding carboxylic acids is 1. The van der Waals surface area contributed by atoms with Crippen LogP contribution >= 0.6 is 0 Å². The number of aromatic nitrogens is 3. The smallest absolute Gasteiger partial charge is 0.253 e. The van der Waals surface area contributed by atoms with Crippen LogP contribution < -0.4 is 5.32 Å². The molecule has 0 atom stereocenters. The van der Waals surface area contributed by atoms with Crippen molar-refractivity contribution in [2.24, 2.45) is 0 Å². The quantitative estimate of drug-likeness (QED) is 0.758. The van der Waals surface area contributed by atoms with Gasteiger partial charge in [0.05, 0.1) is 17.4 Å². The van der Waals surface area contributed by atoms with Crippen LogP contribution in [0.4, 0.5) is 0 Å². The highest BCUT2D eigenvalue weighted by Gasteiger charge is 2.23. The van der Waals surface area contributed by atoms with E-state index >= 15 is 0 Å². The highest BCUT2D eigenvalue weighted by Crippen LogP contribution is 2.19. The van der Waals surface area contributed by atoms with E-state index in [-0.39, 0.29) is 5.91 Å². The first-order valence-electron chi connectivity index (χ1n) is 4.93. The summed E-state index contributed by atoms with van der Waals surface area (Å²) in [7, 11) is 0. The molecule has 0 aromatic carbocycles. The van der Waals surface area contributed by atoms with E-state index in [1.165, 1.54) is 0 Å². The van der Waals surface area contributed by atoms with Gasteiger partial charge in [-0.2, -0.15) is 0 Å². The van der Waals surface area contributed by atoms with Gasteiger partial charge in [0.1, 0.15) is 0 Å². The van der Waals surface area contributed by atoms with Crippen LogP contribution in [0.25, 0.3) is 11.2 Å². The molecule has 1 aliphatic carbocycles. The lowest BCUT2D eigenvalue weighted by Crippen LogP contribution is -2.25. The lowest BCUT2D eigenvalue weighted by Gasteiger charge is -2.01. The van der Waals surface area contributed by atoms with Gasteiger partial charge in [-0.1, -0.05) is 0 Å². The maximum absolute atomic E-state index is 11.7. The van der Waals surface area contributed by atoms with E-state index in [2.05, 4.69) is 20.3 Å². The summed E-state index contributed by atoms with van der Waals surface area (Å²) in [5.74, 6) is -0.0542. The summed E-state index contributed by atoms with van der Waals surface area (Å²) in [6.45, 7) is 0. The molecular weight excluding hydrogens is 192 g/mol. The fourth-order valence-electron chi connectivity index (χ4n) is 1.45. The van der Waals surface area contributed by atoms with Crippen molar-refractivity contribution in [1.29, 1.82) is 0 Å². The van der Waals surface area contributed by atoms with Crippen LogP contribution in [0.3, 0.4) is 0 Å². The fourth-order valence-corrected chi connectivity index (χ4v) is 1.45. The predicted molar refractivity (Wildman–Crippen MR) is 54.4 cm³/mol. The SMILES string of the molecule is O=C(NC1CC1)c1cnc2nc[nH]c2c1. The van der Waals surface area contributed by atoms with Crippen LogP contribution in [0.15, 0.2) is 18.6 Å². The van der Waals surface area contributed by atoms with Gasteiger partial charge in [0.2, 0.25) is 0 Å². The number of carbonyl (C=O) groups is 1. The van der Waals surface area contributed by atoms with E-state index in [1.807, 2.05) is 0 Å². The average Bonchev–Trinajstić information content (AvgIpc) is 2.94. The summed E-state index contributed by atoms with van der Waals surface area (Å²) in [5.41, 5.74) is 2.01. The minimum absolute atomic E-state index is 0.0542. The third-order valence-electron chi connectivity index (χ3n) is 2.45. The second kappa shape index (κ2) is 3.05. The second-order valence-electron chi connectivity index (χ2n) is 3.75. The van der Waals surface area contributed by atoms with Crippen molar-refractivity contribution in [1.82, 2.24) is 20.3 Å². The first-order valence-corrected chi connectivity index (χ1v) is 4.93. The predicted octanol–water partition coefficient (Wildman–Crippen LogP) is 0.850. The van der Waals surface area contributed by atoms with Gasteiger partial charge in [-0.05, 0) is 18.9 Å². The molecule has 0 unspecified atom stereocenters. The molecule has 2 aromatic rings. The molecule has 76 valence electrons. The van der Waals surface area contributed by atoms with Crippen LogP contribution in [0.5, 0.6) is 0 Å². The number of aromatic amines is 1. The van der Waals surface area contributed by atoms with E-state index in [0.717, 1.165) is 18.4 Å². The Morgan fingerprint density at radius 2 is 2.33 bits per heavy atom. The molecule has 1 fully saturated rings. The normalized spacial score (nSPS) is 15.5. The van der Waals surface area contributed by atoms with Crippen molar-refractivity contribution >= 4 is 17.1 Å². The average molecular weight is 202 g/mol. The number of hydrogen-bond donors (Lipinski definition) is 2. The first-order chi connectivity index (χ1) is 7.33. The van der Waals surface area contributed by atoms with E-state index in [4.69, 9.17) is 0 Å². The number of rotatable bonds is 2. The molecular formula is C10H10N4O. The van der Waals surface area contributed by atoms with Gasteiger partial charge in [-0.15, -0.1) is 0 Å². The minimum atomic E-state index is -0.0542. The Bertz CT molecular complexity index is 515. The minimum Gasteiger partial charge on any atom is -0.349 e. The molecule has 1 saturated carbocycles. The molecule has 0 saturated heterocycles. The van der Waals surface area contributed by atoms with E-state index in [1.54, 1.807) is 18.6 Å². The molecule has 0 radical (unpaired) electrons. The molecule has 0 bridgehead atoms. The van der Waals surface area contributed by atoms with Crippen molar-refractivity contribution < 1.29 is 4.79 Å². The molecule has 1 amide bonds. The Balaban J connectivity index is 1.91. The molecule has 0 spiro atoms. The number of pyridine rings is 1. The topological polar surface area (TPSA) is 70.7 Å². The van der Waals surface area contributed by atoms with Crippen LogP contribution in [0.1, 0.15) is 23.2 Å². The molecule has 15 heavy (non-hydrogen) atoms. The third kappa shape index (κ3) is 1.56. The Morgan fingerprint density at radius 3 is 3.13 bits per heavy atom. The number of imidazole rings is 1. The van der Waals surface area contributed by atoms with Crippen LogP contribution in [0.2, 0.25) is 0 Å². The van der Waals surface area contributed by atoms with Crippen molar-refractivity contribution in [3.63, 3.8) is 0 Å². The van der Waals surface area contributed by atoms with Crippen molar-refractivity contribution in [3.05, 3.63) is 24.2 Å². The maximum atomic E-state index is 11.7. The zero-order chi connectivity index (χ0) is 10.3. The van der Waals surface area contributed by atoms with Crippen molar-refractivity contribution in [3.8, 4) is 0 Å². The zero-order valence-corrected chi connectivity index (χ0v) is 8.03. The molecule has 2 N–H and O–H groups in total. The van der Waals surface area contributed by atoms with Crippen molar-refractivity contribution in [2.75, 3.05) is 0 Å². The third-order valence-corrected chi connectivity index (χ3v) is 2.45. The number of nitrogens with one attached hydrogen (secondary N) is 2. The highest BCUT2D eigenvalue weighted by atomic mass is 16.1. The summed E-state index contributed by atoms with van der Waals surface area (Å²) < 4.78 is 0. The zero-order valence-electron chi connectivity index (χ0n) is 8.03. The van der Waals surface area contributed by atoms with Crippen LogP contribution in [-0.4, -0.2) is 26.9 Å². The second-order valence-corrected chi connectivity index (χ2v) is 3.75. The molecule has 3 rings (SSSR count). The van der Waals surface area contributed by atoms with Gasteiger partial charge >= 0.3 is 0 Å². The lowest BCUT2D eigenvalue weighted by molar-refractivity contribution is 0.0951. The highest BCUT2D eigenvalue weighted by molar-refractivity contribution is 5.96. The number of nitrogens with zero attached hydrogens (tertiary/aromatic N) is 2.